The van der Waals surface area contributed by atoms with Crippen LogP contribution in [0.5, 0.6) is 0 Å². The highest BCUT2D eigenvalue weighted by molar-refractivity contribution is 6.03. The first kappa shape index (κ1) is 26.1. The lowest BCUT2D eigenvalue weighted by Crippen LogP contribution is -2.48. The summed E-state index contributed by atoms with van der Waals surface area (Å²) in [6.07, 6.45) is -6.15. The Morgan fingerprint density at radius 2 is 1.71 bits per heavy atom. The van der Waals surface area contributed by atoms with Crippen LogP contribution in [0, 0.1) is 13.8 Å². The number of benzene rings is 2. The van der Waals surface area contributed by atoms with E-state index in [1.54, 1.807) is 46.8 Å². The van der Waals surface area contributed by atoms with E-state index in [2.05, 4.69) is 10.6 Å². The van der Waals surface area contributed by atoms with E-state index in [0.29, 0.717) is 16.7 Å². The quantitative estimate of drug-likeness (QED) is 0.561. The van der Waals surface area contributed by atoms with Crippen molar-refractivity contribution in [2.45, 2.75) is 65.3 Å². The molecular formula is C25H28F3N3O4. The summed E-state index contributed by atoms with van der Waals surface area (Å²) in [5.41, 5.74) is 0.750. The van der Waals surface area contributed by atoms with E-state index >= 15 is 0 Å². The van der Waals surface area contributed by atoms with Gasteiger partial charge >= 0.3 is 12.3 Å². The molecule has 1 N–H and O–H groups in total. The topological polar surface area (TPSA) is 80.2 Å². The van der Waals surface area contributed by atoms with Gasteiger partial charge in [-0.15, -0.1) is 0 Å². The second kappa shape index (κ2) is 9.24. The number of alkyl halides is 3. The molecule has 1 atom stereocenters. The van der Waals surface area contributed by atoms with Crippen molar-refractivity contribution in [3.8, 4) is 0 Å². The highest BCUT2D eigenvalue weighted by Crippen LogP contribution is 2.49. The summed E-state index contributed by atoms with van der Waals surface area (Å²) in [4.78, 5) is 29.5. The van der Waals surface area contributed by atoms with Crippen molar-refractivity contribution < 1.29 is 32.3 Å². The first-order valence-electron chi connectivity index (χ1n) is 10.9. The molecule has 3 rings (SSSR count). The molecule has 2 amide bonds. The molecule has 1 aliphatic heterocycles. The molecule has 188 valence electrons. The first-order valence-corrected chi connectivity index (χ1v) is 10.9. The number of carbonyl (C=O) groups excluding carboxylic acids is 2. The van der Waals surface area contributed by atoms with E-state index < -0.39 is 35.8 Å². The van der Waals surface area contributed by atoms with Gasteiger partial charge in [0.1, 0.15) is 5.60 Å². The number of hydrogen-bond donors (Lipinski definition) is 1. The number of aryl methyl sites for hydroxylation is 2. The third kappa shape index (κ3) is 5.75. The van der Waals surface area contributed by atoms with Gasteiger partial charge in [-0.05, 0) is 46.8 Å². The molecule has 0 aromatic heterocycles. The van der Waals surface area contributed by atoms with E-state index in [0.717, 1.165) is 5.01 Å². The summed E-state index contributed by atoms with van der Waals surface area (Å²) < 4.78 is 48.4. The van der Waals surface area contributed by atoms with Gasteiger partial charge < -0.3 is 9.57 Å². The molecule has 0 radical (unpaired) electrons. The van der Waals surface area contributed by atoms with Gasteiger partial charge in [-0.3, -0.25) is 10.2 Å². The average Bonchev–Trinajstić information content (AvgIpc) is 3.17. The van der Waals surface area contributed by atoms with Crippen molar-refractivity contribution in [2.24, 2.45) is 5.16 Å². The molecule has 2 aromatic carbocycles. The van der Waals surface area contributed by atoms with Gasteiger partial charge in [0, 0.05) is 24.5 Å². The van der Waals surface area contributed by atoms with Crippen LogP contribution in [0.3, 0.4) is 0 Å². The second-order valence-electron chi connectivity index (χ2n) is 9.54. The van der Waals surface area contributed by atoms with E-state index in [4.69, 9.17) is 9.57 Å². The van der Waals surface area contributed by atoms with Crippen molar-refractivity contribution >= 4 is 23.4 Å². The number of carbonyl (C=O) groups is 2. The molecule has 0 saturated carbocycles. The van der Waals surface area contributed by atoms with E-state index in [1.165, 1.54) is 37.3 Å². The first-order chi connectivity index (χ1) is 16.1. The van der Waals surface area contributed by atoms with E-state index in [1.807, 2.05) is 0 Å². The summed E-state index contributed by atoms with van der Waals surface area (Å²) in [5, 5.41) is 4.70. The van der Waals surface area contributed by atoms with Crippen LogP contribution in [0.4, 0.5) is 23.7 Å². The molecule has 0 saturated heterocycles. The average molecular weight is 492 g/mol. The minimum Gasteiger partial charge on any atom is -0.442 e. The molecule has 0 bridgehead atoms. The molecule has 0 fully saturated rings. The van der Waals surface area contributed by atoms with Crippen LogP contribution in [0.25, 0.3) is 0 Å². The molecular weight excluding hydrogens is 463 g/mol. The molecule has 1 unspecified atom stereocenters. The summed E-state index contributed by atoms with van der Waals surface area (Å²) in [6, 6.07) is 10.7. The van der Waals surface area contributed by atoms with Gasteiger partial charge in [0.2, 0.25) is 5.91 Å². The van der Waals surface area contributed by atoms with Gasteiger partial charge in [0.25, 0.3) is 5.60 Å². The number of rotatable bonds is 3. The Morgan fingerprint density at radius 1 is 1.09 bits per heavy atom. The summed E-state index contributed by atoms with van der Waals surface area (Å²) in [6.45, 7) is 9.66. The number of hydrazine groups is 1. The molecule has 1 heterocycles. The van der Waals surface area contributed by atoms with Crippen LogP contribution in [-0.2, 0) is 20.0 Å². The van der Waals surface area contributed by atoms with Gasteiger partial charge in [0.05, 0.1) is 11.4 Å². The van der Waals surface area contributed by atoms with Crippen LogP contribution in [-0.4, -0.2) is 29.5 Å². The Balaban J connectivity index is 1.98. The van der Waals surface area contributed by atoms with Crippen molar-refractivity contribution in [3.05, 3.63) is 64.7 Å². The Labute approximate surface area is 201 Å². The molecule has 1 aliphatic rings. The minimum atomic E-state index is -4.74. The minimum absolute atomic E-state index is 0.0361. The standard InChI is InChI=1S/C25H28F3N3O4/c1-15-10-16(2)12-19(11-15)24(25(26,27)28)14-21(30-35-24)18-8-7-9-20(13-18)31(29-17(3)32)22(33)34-23(4,5)6/h7-13H,14H2,1-6H3,(H,29,32). The monoisotopic (exact) mass is 491 g/mol. The Morgan fingerprint density at radius 3 is 2.26 bits per heavy atom. The normalized spacial score (nSPS) is 17.9. The number of hydrogen-bond acceptors (Lipinski definition) is 5. The third-order valence-electron chi connectivity index (χ3n) is 5.16. The zero-order valence-electron chi connectivity index (χ0n) is 20.4. The Hall–Kier alpha value is -3.56. The van der Waals surface area contributed by atoms with Crippen molar-refractivity contribution in [1.82, 2.24) is 5.43 Å². The summed E-state index contributed by atoms with van der Waals surface area (Å²) >= 11 is 0. The van der Waals surface area contributed by atoms with Crippen LogP contribution in [0.15, 0.2) is 47.6 Å². The second-order valence-corrected chi connectivity index (χ2v) is 9.54. The molecule has 2 aromatic rings. The largest absolute Gasteiger partial charge is 0.442 e. The summed E-state index contributed by atoms with van der Waals surface area (Å²) in [7, 11) is 0. The van der Waals surface area contributed by atoms with Crippen molar-refractivity contribution in [2.75, 3.05) is 5.01 Å². The lowest BCUT2D eigenvalue weighted by Gasteiger charge is -2.30. The fourth-order valence-corrected chi connectivity index (χ4v) is 3.77. The molecule has 7 nitrogen and oxygen atoms in total. The smallest absolute Gasteiger partial charge is 0.435 e. The number of nitrogens with one attached hydrogen (secondary N) is 1. The van der Waals surface area contributed by atoms with Crippen molar-refractivity contribution in [1.29, 1.82) is 0 Å². The number of nitrogens with zero attached hydrogens (tertiary/aromatic N) is 2. The molecule has 10 heteroatoms. The zero-order chi connectivity index (χ0) is 26.2. The zero-order valence-corrected chi connectivity index (χ0v) is 20.4. The lowest BCUT2D eigenvalue weighted by atomic mass is 9.85. The highest BCUT2D eigenvalue weighted by atomic mass is 19.4. The fraction of sp³-hybridized carbons (Fsp3) is 0.400. The van der Waals surface area contributed by atoms with Crippen LogP contribution >= 0.6 is 0 Å². The number of ether oxygens (including phenoxy) is 1. The maximum Gasteiger partial charge on any atom is 0.435 e. The lowest BCUT2D eigenvalue weighted by molar-refractivity contribution is -0.275. The molecule has 0 aliphatic carbocycles. The predicted octanol–water partition coefficient (Wildman–Crippen LogP) is 5.68. The number of amides is 2. The number of oxime groups is 1. The Kier molecular flexibility index (Phi) is 6.88. The van der Waals surface area contributed by atoms with E-state index in [-0.39, 0.29) is 17.0 Å². The van der Waals surface area contributed by atoms with Crippen LogP contribution < -0.4 is 10.4 Å². The fourth-order valence-electron chi connectivity index (χ4n) is 3.77. The number of halogens is 3. The van der Waals surface area contributed by atoms with E-state index in [9.17, 15) is 22.8 Å². The maximum absolute atomic E-state index is 14.4. The highest BCUT2D eigenvalue weighted by Gasteiger charge is 2.62. The SMILES string of the molecule is CC(=O)NN(C(=O)OC(C)(C)C)c1cccc(C2=NOC(c3cc(C)cc(C)c3)(C(F)(F)F)C2)c1. The Bertz CT molecular complexity index is 1150. The maximum atomic E-state index is 14.4. The van der Waals surface area contributed by atoms with Gasteiger partial charge in [0.15, 0.2) is 0 Å². The number of anilines is 1. The van der Waals surface area contributed by atoms with Gasteiger partial charge in [-0.25, -0.2) is 4.79 Å². The van der Waals surface area contributed by atoms with Crippen molar-refractivity contribution in [3.63, 3.8) is 0 Å². The predicted molar refractivity (Wildman–Crippen MR) is 125 cm³/mol. The molecule has 35 heavy (non-hydrogen) atoms. The van der Waals surface area contributed by atoms with Crippen LogP contribution in [0.2, 0.25) is 0 Å². The summed E-state index contributed by atoms with van der Waals surface area (Å²) in [5.74, 6) is -0.534. The third-order valence-corrected chi connectivity index (χ3v) is 5.16. The molecule has 0 spiro atoms. The van der Waals surface area contributed by atoms with Gasteiger partial charge in [-0.2, -0.15) is 18.2 Å². The van der Waals surface area contributed by atoms with Gasteiger partial charge in [-0.1, -0.05) is 46.6 Å². The van der Waals surface area contributed by atoms with Crippen LogP contribution in [0.1, 0.15) is 56.4 Å².